The highest BCUT2D eigenvalue weighted by Crippen LogP contribution is 2.24. The molecule has 0 heterocycles. The average molecular weight is 374 g/mol. The highest BCUT2D eigenvalue weighted by atomic mass is 79.9. The van der Waals surface area contributed by atoms with Gasteiger partial charge < -0.3 is 10.1 Å². The number of benzene rings is 2. The lowest BCUT2D eigenvalue weighted by atomic mass is 10.1. The molecule has 4 heteroatoms. The van der Waals surface area contributed by atoms with Gasteiger partial charge in [0, 0.05) is 22.2 Å². The molecule has 0 aliphatic carbocycles. The zero-order chi connectivity index (χ0) is 16.7. The minimum absolute atomic E-state index is 0.0685. The maximum atomic E-state index is 12.1. The van der Waals surface area contributed by atoms with Gasteiger partial charge in [-0.25, -0.2) is 0 Å². The Morgan fingerprint density at radius 1 is 1.26 bits per heavy atom. The van der Waals surface area contributed by atoms with E-state index in [0.29, 0.717) is 0 Å². The van der Waals surface area contributed by atoms with Crippen LogP contribution in [0, 0.1) is 0 Å². The van der Waals surface area contributed by atoms with Crippen LogP contribution >= 0.6 is 15.9 Å². The summed E-state index contributed by atoms with van der Waals surface area (Å²) in [5.41, 5.74) is 2.06. The minimum atomic E-state index is -0.115. The molecule has 0 aliphatic heterocycles. The monoisotopic (exact) mass is 373 g/mol. The highest BCUT2D eigenvalue weighted by Gasteiger charge is 2.06. The van der Waals surface area contributed by atoms with Crippen LogP contribution in [0.3, 0.4) is 0 Å². The normalized spacial score (nSPS) is 12.1. The van der Waals surface area contributed by atoms with Crippen LogP contribution in [0.1, 0.15) is 18.1 Å². The van der Waals surface area contributed by atoms with Gasteiger partial charge in [-0.05, 0) is 43.2 Å². The van der Waals surface area contributed by atoms with Crippen molar-refractivity contribution in [2.45, 2.75) is 19.4 Å². The van der Waals surface area contributed by atoms with Gasteiger partial charge in [-0.2, -0.15) is 0 Å². The standard InChI is InChI=1S/C19H20BrNO2/c1-14(12-15-6-4-3-5-7-15)21-19(22)11-8-16-13-17(20)9-10-18(16)23-2/h3-11,13-14H,12H2,1-2H3,(H,21,22)/b11-8+. The van der Waals surface area contributed by atoms with Crippen LogP contribution in [-0.2, 0) is 11.2 Å². The quantitative estimate of drug-likeness (QED) is 0.769. The molecular weight excluding hydrogens is 354 g/mol. The molecule has 0 aromatic heterocycles. The Balaban J connectivity index is 1.95. The number of hydrogen-bond acceptors (Lipinski definition) is 2. The number of carbonyl (C=O) groups is 1. The van der Waals surface area contributed by atoms with E-state index in [1.807, 2.05) is 43.3 Å². The zero-order valence-corrected chi connectivity index (χ0v) is 14.8. The lowest BCUT2D eigenvalue weighted by molar-refractivity contribution is -0.117. The molecule has 0 saturated heterocycles. The summed E-state index contributed by atoms with van der Waals surface area (Å²) in [5.74, 6) is 0.616. The van der Waals surface area contributed by atoms with Crippen molar-refractivity contribution in [3.63, 3.8) is 0 Å². The van der Waals surface area contributed by atoms with E-state index in [2.05, 4.69) is 33.4 Å². The van der Waals surface area contributed by atoms with E-state index in [0.717, 1.165) is 22.2 Å². The van der Waals surface area contributed by atoms with Gasteiger partial charge in [0.15, 0.2) is 0 Å². The Labute approximate surface area is 145 Å². The third-order valence-electron chi connectivity index (χ3n) is 3.38. The van der Waals surface area contributed by atoms with E-state index in [-0.39, 0.29) is 11.9 Å². The van der Waals surface area contributed by atoms with Crippen molar-refractivity contribution in [2.24, 2.45) is 0 Å². The second kappa shape index (κ2) is 8.53. The Morgan fingerprint density at radius 2 is 2.00 bits per heavy atom. The molecule has 23 heavy (non-hydrogen) atoms. The molecule has 1 N–H and O–H groups in total. The topological polar surface area (TPSA) is 38.3 Å². The average Bonchev–Trinajstić information content (AvgIpc) is 2.54. The molecule has 2 aromatic carbocycles. The Hall–Kier alpha value is -2.07. The summed E-state index contributed by atoms with van der Waals surface area (Å²) in [7, 11) is 1.61. The number of carbonyl (C=O) groups excluding carboxylic acids is 1. The van der Waals surface area contributed by atoms with Gasteiger partial charge in [0.25, 0.3) is 0 Å². The van der Waals surface area contributed by atoms with Crippen molar-refractivity contribution in [3.05, 3.63) is 70.2 Å². The molecule has 0 fully saturated rings. The van der Waals surface area contributed by atoms with Crippen molar-refractivity contribution in [3.8, 4) is 5.75 Å². The van der Waals surface area contributed by atoms with Crippen LogP contribution in [0.4, 0.5) is 0 Å². The van der Waals surface area contributed by atoms with E-state index >= 15 is 0 Å². The van der Waals surface area contributed by atoms with Crippen molar-refractivity contribution < 1.29 is 9.53 Å². The fraction of sp³-hybridized carbons (Fsp3) is 0.211. The van der Waals surface area contributed by atoms with Crippen LogP contribution in [-0.4, -0.2) is 19.1 Å². The van der Waals surface area contributed by atoms with E-state index in [1.165, 1.54) is 11.6 Å². The minimum Gasteiger partial charge on any atom is -0.496 e. The van der Waals surface area contributed by atoms with Gasteiger partial charge in [0.1, 0.15) is 5.75 Å². The van der Waals surface area contributed by atoms with Crippen LogP contribution in [0.15, 0.2) is 59.1 Å². The third kappa shape index (κ3) is 5.57. The molecule has 0 saturated carbocycles. The van der Waals surface area contributed by atoms with Crippen LogP contribution < -0.4 is 10.1 Å². The fourth-order valence-corrected chi connectivity index (χ4v) is 2.69. The highest BCUT2D eigenvalue weighted by molar-refractivity contribution is 9.10. The van der Waals surface area contributed by atoms with Gasteiger partial charge in [-0.3, -0.25) is 4.79 Å². The number of amides is 1. The van der Waals surface area contributed by atoms with E-state index < -0.39 is 0 Å². The summed E-state index contributed by atoms with van der Waals surface area (Å²) in [4.78, 5) is 12.1. The van der Waals surface area contributed by atoms with E-state index in [1.54, 1.807) is 13.2 Å². The second-order valence-corrected chi connectivity index (χ2v) is 6.23. The van der Waals surface area contributed by atoms with Gasteiger partial charge >= 0.3 is 0 Å². The van der Waals surface area contributed by atoms with Gasteiger partial charge in [0.2, 0.25) is 5.91 Å². The summed E-state index contributed by atoms with van der Waals surface area (Å²) in [6.45, 7) is 2.00. The first kappa shape index (κ1) is 17.3. The molecule has 120 valence electrons. The number of rotatable bonds is 6. The molecule has 0 bridgehead atoms. The van der Waals surface area contributed by atoms with Crippen LogP contribution in [0.5, 0.6) is 5.75 Å². The molecule has 0 radical (unpaired) electrons. The maximum absolute atomic E-state index is 12.1. The zero-order valence-electron chi connectivity index (χ0n) is 13.3. The number of ether oxygens (including phenoxy) is 1. The van der Waals surface area contributed by atoms with Crippen LogP contribution in [0.2, 0.25) is 0 Å². The van der Waals surface area contributed by atoms with Gasteiger partial charge in [0.05, 0.1) is 7.11 Å². The number of nitrogens with one attached hydrogen (secondary N) is 1. The number of halogens is 1. The van der Waals surface area contributed by atoms with Crippen molar-refractivity contribution in [1.82, 2.24) is 5.32 Å². The summed E-state index contributed by atoms with van der Waals surface area (Å²) >= 11 is 3.42. The summed E-state index contributed by atoms with van der Waals surface area (Å²) in [5, 5.41) is 2.97. The first-order chi connectivity index (χ1) is 11.1. The first-order valence-corrected chi connectivity index (χ1v) is 8.24. The molecule has 1 atom stereocenters. The lowest BCUT2D eigenvalue weighted by Gasteiger charge is -2.12. The molecule has 0 aliphatic rings. The Morgan fingerprint density at radius 3 is 2.70 bits per heavy atom. The molecule has 2 aromatic rings. The Kier molecular flexibility index (Phi) is 6.41. The predicted molar refractivity (Wildman–Crippen MR) is 97.5 cm³/mol. The summed E-state index contributed by atoms with van der Waals surface area (Å²) in [6, 6.07) is 15.9. The van der Waals surface area contributed by atoms with E-state index in [9.17, 15) is 4.79 Å². The predicted octanol–water partition coefficient (Wildman–Crippen LogP) is 4.22. The van der Waals surface area contributed by atoms with Crippen molar-refractivity contribution in [2.75, 3.05) is 7.11 Å². The smallest absolute Gasteiger partial charge is 0.244 e. The van der Waals surface area contributed by atoms with Crippen LogP contribution in [0.25, 0.3) is 6.08 Å². The first-order valence-electron chi connectivity index (χ1n) is 7.44. The molecule has 0 spiro atoms. The van der Waals surface area contributed by atoms with Gasteiger partial charge in [-0.15, -0.1) is 0 Å². The SMILES string of the molecule is COc1ccc(Br)cc1/C=C/C(=O)NC(C)Cc1ccccc1. The Bertz CT molecular complexity index is 683. The second-order valence-electron chi connectivity index (χ2n) is 5.32. The van der Waals surface area contributed by atoms with Crippen molar-refractivity contribution in [1.29, 1.82) is 0 Å². The third-order valence-corrected chi connectivity index (χ3v) is 3.87. The summed E-state index contributed by atoms with van der Waals surface area (Å²) in [6.07, 6.45) is 4.10. The van der Waals surface area contributed by atoms with Crippen molar-refractivity contribution >= 4 is 27.9 Å². The molecule has 1 amide bonds. The molecular formula is C19H20BrNO2. The fourth-order valence-electron chi connectivity index (χ4n) is 2.31. The summed E-state index contributed by atoms with van der Waals surface area (Å²) < 4.78 is 6.23. The molecule has 3 nitrogen and oxygen atoms in total. The number of methoxy groups -OCH3 is 1. The lowest BCUT2D eigenvalue weighted by Crippen LogP contribution is -2.32. The molecule has 2 rings (SSSR count). The largest absolute Gasteiger partial charge is 0.496 e. The maximum Gasteiger partial charge on any atom is 0.244 e. The number of hydrogen-bond donors (Lipinski definition) is 1. The van der Waals surface area contributed by atoms with E-state index in [4.69, 9.17) is 4.74 Å². The van der Waals surface area contributed by atoms with Gasteiger partial charge in [-0.1, -0.05) is 46.3 Å². The molecule has 1 unspecified atom stereocenters.